The third-order valence-corrected chi connectivity index (χ3v) is 6.59. The highest BCUT2D eigenvalue weighted by Crippen LogP contribution is 2.30. The summed E-state index contributed by atoms with van der Waals surface area (Å²) in [6.45, 7) is 4.49. The van der Waals surface area contributed by atoms with Gasteiger partial charge in [-0.05, 0) is 69.1 Å². The molecule has 0 spiro atoms. The molecule has 1 aromatic rings. The fraction of sp³-hybridized carbons (Fsp3) is 0.650. The lowest BCUT2D eigenvalue weighted by molar-refractivity contribution is 0.0691. The van der Waals surface area contributed by atoms with Crippen LogP contribution in [0.1, 0.15) is 45.4 Å². The number of piperidine rings is 1. The van der Waals surface area contributed by atoms with Gasteiger partial charge in [-0.1, -0.05) is 37.4 Å². The van der Waals surface area contributed by atoms with Gasteiger partial charge in [0.05, 0.1) is 0 Å². The van der Waals surface area contributed by atoms with Gasteiger partial charge >= 0.3 is 0 Å². The first-order valence-electron chi connectivity index (χ1n) is 9.58. The average molecular weight is 380 g/mol. The molecule has 25 heavy (non-hydrogen) atoms. The Balaban J connectivity index is 1.50. The predicted molar refractivity (Wildman–Crippen MR) is 111 cm³/mol. The number of rotatable bonds is 3. The van der Waals surface area contributed by atoms with Crippen LogP contribution in [0, 0.1) is 5.92 Å². The first-order valence-corrected chi connectivity index (χ1v) is 10.4. The monoisotopic (exact) mass is 379 g/mol. The zero-order chi connectivity index (χ0) is 17.8. The Hall–Kier alpha value is -0.840. The normalized spacial score (nSPS) is 25.2. The molecular formula is C20H30ClN3S. The second-order valence-corrected chi connectivity index (χ2v) is 8.48. The van der Waals surface area contributed by atoms with Gasteiger partial charge in [-0.2, -0.15) is 0 Å². The van der Waals surface area contributed by atoms with Crippen LogP contribution in [-0.4, -0.2) is 47.1 Å². The van der Waals surface area contributed by atoms with Gasteiger partial charge in [0.1, 0.15) is 0 Å². The molecule has 1 N–H and O–H groups in total. The van der Waals surface area contributed by atoms with Crippen LogP contribution in [0.3, 0.4) is 0 Å². The molecule has 1 aliphatic heterocycles. The van der Waals surface area contributed by atoms with Crippen LogP contribution < -0.4 is 5.32 Å². The van der Waals surface area contributed by atoms with Crippen molar-refractivity contribution in [2.45, 2.75) is 57.5 Å². The number of halogens is 1. The molecule has 0 unspecified atom stereocenters. The first kappa shape index (κ1) is 18.9. The number of benzene rings is 1. The van der Waals surface area contributed by atoms with E-state index in [-0.39, 0.29) is 0 Å². The molecule has 2 aliphatic rings. The van der Waals surface area contributed by atoms with Gasteiger partial charge in [0, 0.05) is 35.9 Å². The molecular weight excluding hydrogens is 350 g/mol. The van der Waals surface area contributed by atoms with Gasteiger partial charge in [0.2, 0.25) is 0 Å². The van der Waals surface area contributed by atoms with Gasteiger partial charge in [0.15, 0.2) is 5.11 Å². The number of hydrogen-bond donors (Lipinski definition) is 1. The second kappa shape index (κ2) is 8.70. The minimum atomic E-state index is 0.691. The average Bonchev–Trinajstić information content (AvgIpc) is 2.62. The van der Waals surface area contributed by atoms with Gasteiger partial charge in [-0.15, -0.1) is 0 Å². The summed E-state index contributed by atoms with van der Waals surface area (Å²) in [5.74, 6) is 0.836. The van der Waals surface area contributed by atoms with Crippen molar-refractivity contribution in [3.63, 3.8) is 0 Å². The molecule has 2 atom stereocenters. The van der Waals surface area contributed by atoms with Crippen molar-refractivity contribution in [1.29, 1.82) is 0 Å². The van der Waals surface area contributed by atoms with Crippen LogP contribution in [0.15, 0.2) is 24.3 Å². The van der Waals surface area contributed by atoms with Crippen LogP contribution in [0.2, 0.25) is 5.02 Å². The van der Waals surface area contributed by atoms with Crippen molar-refractivity contribution in [2.75, 3.05) is 25.5 Å². The number of nitrogens with one attached hydrogen (secondary N) is 1. The summed E-state index contributed by atoms with van der Waals surface area (Å²) in [6.07, 6.45) is 7.95. The molecule has 0 bridgehead atoms. The van der Waals surface area contributed by atoms with Gasteiger partial charge in [-0.3, -0.25) is 0 Å². The number of likely N-dealkylation sites (tertiary alicyclic amines) is 1. The second-order valence-electron chi connectivity index (χ2n) is 7.65. The maximum atomic E-state index is 6.05. The molecule has 3 rings (SSSR count). The number of nitrogens with zero attached hydrogens (tertiary/aromatic N) is 2. The summed E-state index contributed by atoms with van der Waals surface area (Å²) in [5.41, 5.74) is 0.966. The minimum absolute atomic E-state index is 0.691. The van der Waals surface area contributed by atoms with Gasteiger partial charge < -0.3 is 15.1 Å². The van der Waals surface area contributed by atoms with Crippen molar-refractivity contribution in [3.05, 3.63) is 29.3 Å². The van der Waals surface area contributed by atoms with E-state index in [1.807, 2.05) is 24.3 Å². The zero-order valence-electron chi connectivity index (χ0n) is 15.4. The lowest BCUT2D eigenvalue weighted by atomic mass is 9.84. The van der Waals surface area contributed by atoms with E-state index >= 15 is 0 Å². The summed E-state index contributed by atoms with van der Waals surface area (Å²) < 4.78 is 0. The molecule has 138 valence electrons. The standard InChI is InChI=1S/C20H30ClN3S/c1-15-6-3-4-9-19(15)23(2)18-10-12-24(13-11-18)20(25)22-17-8-5-7-16(21)14-17/h5,7-8,14-15,18-19H,3-4,6,9-13H2,1-2H3,(H,22,25)/t15-,19+/m0/s1. The SMILES string of the molecule is C[C@H]1CCCC[C@H]1N(C)C1CCN(C(=S)Nc2cccc(Cl)c2)CC1. The Labute approximate surface area is 162 Å². The van der Waals surface area contributed by atoms with E-state index in [0.29, 0.717) is 6.04 Å². The minimum Gasteiger partial charge on any atom is -0.349 e. The highest BCUT2D eigenvalue weighted by atomic mass is 35.5. The molecule has 2 fully saturated rings. The van der Waals surface area contributed by atoms with Crippen LogP contribution >= 0.6 is 23.8 Å². The quantitative estimate of drug-likeness (QED) is 0.743. The summed E-state index contributed by atoms with van der Waals surface area (Å²) in [4.78, 5) is 4.97. The van der Waals surface area contributed by atoms with E-state index in [9.17, 15) is 0 Å². The van der Waals surface area contributed by atoms with Gasteiger partial charge in [0.25, 0.3) is 0 Å². The fourth-order valence-electron chi connectivity index (χ4n) is 4.42. The largest absolute Gasteiger partial charge is 0.349 e. The molecule has 1 aromatic carbocycles. The Kier molecular flexibility index (Phi) is 6.59. The third kappa shape index (κ3) is 4.87. The zero-order valence-corrected chi connectivity index (χ0v) is 17.0. The van der Waals surface area contributed by atoms with Gasteiger partial charge in [-0.25, -0.2) is 0 Å². The van der Waals surface area contributed by atoms with E-state index in [0.717, 1.165) is 40.9 Å². The number of thiocarbonyl (C=S) groups is 1. The maximum absolute atomic E-state index is 6.05. The highest BCUT2D eigenvalue weighted by molar-refractivity contribution is 7.80. The molecule has 1 saturated carbocycles. The van der Waals surface area contributed by atoms with Crippen molar-refractivity contribution < 1.29 is 0 Å². The Morgan fingerprint density at radius 3 is 2.60 bits per heavy atom. The van der Waals surface area contributed by atoms with Crippen LogP contribution in [0.25, 0.3) is 0 Å². The van der Waals surface area contributed by atoms with E-state index in [2.05, 4.69) is 29.1 Å². The van der Waals surface area contributed by atoms with Crippen LogP contribution in [0.5, 0.6) is 0 Å². The number of anilines is 1. The predicted octanol–water partition coefficient (Wildman–Crippen LogP) is 5.01. The lowest BCUT2D eigenvalue weighted by Crippen LogP contribution is -2.51. The molecule has 5 heteroatoms. The first-order chi connectivity index (χ1) is 12.0. The Morgan fingerprint density at radius 1 is 1.20 bits per heavy atom. The van der Waals surface area contributed by atoms with Crippen molar-refractivity contribution >= 4 is 34.6 Å². The van der Waals surface area contributed by atoms with E-state index in [1.54, 1.807) is 0 Å². The molecule has 1 heterocycles. The molecule has 0 aromatic heterocycles. The Morgan fingerprint density at radius 2 is 1.92 bits per heavy atom. The molecule has 1 aliphatic carbocycles. The maximum Gasteiger partial charge on any atom is 0.173 e. The van der Waals surface area contributed by atoms with E-state index in [4.69, 9.17) is 23.8 Å². The molecule has 0 radical (unpaired) electrons. The summed E-state index contributed by atoms with van der Waals surface area (Å²) >= 11 is 11.7. The topological polar surface area (TPSA) is 18.5 Å². The van der Waals surface area contributed by atoms with Crippen molar-refractivity contribution in [2.24, 2.45) is 5.92 Å². The van der Waals surface area contributed by atoms with E-state index in [1.165, 1.54) is 38.5 Å². The fourth-order valence-corrected chi connectivity index (χ4v) is 4.91. The van der Waals surface area contributed by atoms with Crippen LogP contribution in [0.4, 0.5) is 5.69 Å². The van der Waals surface area contributed by atoms with Crippen molar-refractivity contribution in [3.8, 4) is 0 Å². The highest BCUT2D eigenvalue weighted by Gasteiger charge is 2.31. The summed E-state index contributed by atoms with van der Waals surface area (Å²) in [5, 5.41) is 4.87. The van der Waals surface area contributed by atoms with Crippen LogP contribution in [-0.2, 0) is 0 Å². The summed E-state index contributed by atoms with van der Waals surface area (Å²) in [6, 6.07) is 9.20. The number of hydrogen-bond acceptors (Lipinski definition) is 2. The summed E-state index contributed by atoms with van der Waals surface area (Å²) in [7, 11) is 2.34. The molecule has 0 amide bonds. The van der Waals surface area contributed by atoms with Crippen molar-refractivity contribution in [1.82, 2.24) is 9.80 Å². The molecule has 3 nitrogen and oxygen atoms in total. The Bertz CT molecular complexity index is 586. The smallest absolute Gasteiger partial charge is 0.173 e. The molecule has 1 saturated heterocycles. The third-order valence-electron chi connectivity index (χ3n) is 5.99. The lowest BCUT2D eigenvalue weighted by Gasteiger charge is -2.44. The van der Waals surface area contributed by atoms with E-state index < -0.39 is 0 Å².